The van der Waals surface area contributed by atoms with E-state index in [-0.39, 0.29) is 18.4 Å². The number of ether oxygens (including phenoxy) is 2. The van der Waals surface area contributed by atoms with E-state index in [0.717, 1.165) is 12.1 Å². The fraction of sp³-hybridized carbons (Fsp3) is 0.357. The molecule has 8 heteroatoms. The molecule has 0 aromatic heterocycles. The number of carbonyl (C=O) groups excluding carboxylic acids is 1. The molecule has 0 amide bonds. The maximum atomic E-state index is 13.6. The van der Waals surface area contributed by atoms with Gasteiger partial charge in [-0.3, -0.25) is 0 Å². The van der Waals surface area contributed by atoms with Crippen LogP contribution in [0.3, 0.4) is 0 Å². The van der Waals surface area contributed by atoms with Gasteiger partial charge in [-0.1, -0.05) is 12.1 Å². The lowest BCUT2D eigenvalue weighted by Gasteiger charge is -2.23. The van der Waals surface area contributed by atoms with E-state index in [2.05, 4.69) is 4.74 Å². The first kappa shape index (κ1) is 17.9. The van der Waals surface area contributed by atoms with E-state index in [9.17, 15) is 26.7 Å². The second-order valence-corrected chi connectivity index (χ2v) is 4.11. The number of halogens is 5. The molecule has 0 N–H and O–H groups in total. The van der Waals surface area contributed by atoms with Gasteiger partial charge >= 0.3 is 18.1 Å². The minimum atomic E-state index is -5.84. The van der Waals surface area contributed by atoms with Gasteiger partial charge < -0.3 is 9.47 Å². The molecule has 0 spiro atoms. The normalized spacial score (nSPS) is 13.0. The Morgan fingerprint density at radius 2 is 1.68 bits per heavy atom. The van der Waals surface area contributed by atoms with E-state index in [1.165, 1.54) is 26.2 Å². The average molecular weight is 324 g/mol. The predicted molar refractivity (Wildman–Crippen MR) is 68.6 cm³/mol. The molecule has 122 valence electrons. The van der Waals surface area contributed by atoms with Gasteiger partial charge in [-0.05, 0) is 24.6 Å². The third-order valence-corrected chi connectivity index (χ3v) is 2.64. The van der Waals surface area contributed by atoms with Crippen LogP contribution in [-0.2, 0) is 9.53 Å². The molecule has 0 aliphatic heterocycles. The largest absolute Gasteiger partial charge is 0.497 e. The lowest BCUT2D eigenvalue weighted by atomic mass is 9.98. The lowest BCUT2D eigenvalue weighted by molar-refractivity contribution is -0.254. The second-order valence-electron chi connectivity index (χ2n) is 4.11. The fourth-order valence-electron chi connectivity index (χ4n) is 1.58. The minimum Gasteiger partial charge on any atom is -0.497 e. The standard InChI is InChI=1S/C14H13F5O3/c1-3-22-12(20)8-11(13(15,16)14(17,18)19)9-4-6-10(21-2)7-5-9/h4-8H,3H2,1-2H3/b11-8+. The highest BCUT2D eigenvalue weighted by Gasteiger charge is 2.60. The van der Waals surface area contributed by atoms with E-state index in [4.69, 9.17) is 4.74 Å². The zero-order valence-electron chi connectivity index (χ0n) is 11.7. The van der Waals surface area contributed by atoms with Crippen molar-refractivity contribution in [2.24, 2.45) is 0 Å². The van der Waals surface area contributed by atoms with Crippen LogP contribution < -0.4 is 4.74 Å². The van der Waals surface area contributed by atoms with Crippen molar-refractivity contribution in [2.75, 3.05) is 13.7 Å². The summed E-state index contributed by atoms with van der Waals surface area (Å²) in [6.45, 7) is 1.25. The van der Waals surface area contributed by atoms with Crippen LogP contribution in [0.25, 0.3) is 5.57 Å². The molecule has 3 nitrogen and oxygen atoms in total. The van der Waals surface area contributed by atoms with Crippen LogP contribution in [0, 0.1) is 0 Å². The Balaban J connectivity index is 3.36. The molecule has 0 aliphatic carbocycles. The molecule has 0 aliphatic rings. The quantitative estimate of drug-likeness (QED) is 0.469. The summed E-state index contributed by atoms with van der Waals surface area (Å²) in [5.74, 6) is -6.21. The summed E-state index contributed by atoms with van der Waals surface area (Å²) in [4.78, 5) is 11.3. The maximum absolute atomic E-state index is 13.6. The van der Waals surface area contributed by atoms with Gasteiger partial charge in [0.2, 0.25) is 0 Å². The molecule has 22 heavy (non-hydrogen) atoms. The number of benzene rings is 1. The molecule has 0 unspecified atom stereocenters. The summed E-state index contributed by atoms with van der Waals surface area (Å²) in [7, 11) is 1.31. The molecule has 0 bridgehead atoms. The van der Waals surface area contributed by atoms with Crippen molar-refractivity contribution < 1.29 is 36.2 Å². The molecule has 0 fully saturated rings. The molecule has 0 radical (unpaired) electrons. The first-order chi connectivity index (χ1) is 10.1. The molecule has 1 rings (SSSR count). The Hall–Kier alpha value is -2.12. The zero-order chi connectivity index (χ0) is 17.0. The minimum absolute atomic E-state index is 0.150. The van der Waals surface area contributed by atoms with Crippen LogP contribution in [0.15, 0.2) is 30.3 Å². The molecule has 0 saturated carbocycles. The van der Waals surface area contributed by atoms with Crippen molar-refractivity contribution in [1.82, 2.24) is 0 Å². The van der Waals surface area contributed by atoms with Crippen LogP contribution >= 0.6 is 0 Å². The molecule has 0 atom stereocenters. The van der Waals surface area contributed by atoms with E-state index < -0.39 is 29.2 Å². The Labute approximate surface area is 123 Å². The monoisotopic (exact) mass is 324 g/mol. The van der Waals surface area contributed by atoms with Crippen LogP contribution in [0.2, 0.25) is 0 Å². The smallest absolute Gasteiger partial charge is 0.458 e. The summed E-state index contributed by atoms with van der Waals surface area (Å²) < 4.78 is 74.2. The van der Waals surface area contributed by atoms with Gasteiger partial charge in [0.25, 0.3) is 0 Å². The number of esters is 1. The number of rotatable bonds is 5. The number of methoxy groups -OCH3 is 1. The van der Waals surface area contributed by atoms with Crippen molar-refractivity contribution >= 4 is 11.5 Å². The third kappa shape index (κ3) is 3.96. The van der Waals surface area contributed by atoms with Crippen LogP contribution in [0.1, 0.15) is 12.5 Å². The van der Waals surface area contributed by atoms with Crippen molar-refractivity contribution in [3.05, 3.63) is 35.9 Å². The topological polar surface area (TPSA) is 35.5 Å². The number of hydrogen-bond donors (Lipinski definition) is 0. The van der Waals surface area contributed by atoms with Crippen molar-refractivity contribution in [3.63, 3.8) is 0 Å². The van der Waals surface area contributed by atoms with Gasteiger partial charge in [0.1, 0.15) is 5.75 Å². The Morgan fingerprint density at radius 1 is 1.14 bits per heavy atom. The van der Waals surface area contributed by atoms with Gasteiger partial charge in [0, 0.05) is 11.6 Å². The SMILES string of the molecule is CCOC(=O)/C=C(\c1ccc(OC)cc1)C(F)(F)C(F)(F)F. The number of alkyl halides is 5. The molecular weight excluding hydrogens is 311 g/mol. The number of carbonyl (C=O) groups is 1. The van der Waals surface area contributed by atoms with Gasteiger partial charge in [0.05, 0.1) is 13.7 Å². The number of hydrogen-bond acceptors (Lipinski definition) is 3. The van der Waals surface area contributed by atoms with E-state index in [0.29, 0.717) is 0 Å². The highest BCUT2D eigenvalue weighted by molar-refractivity contribution is 5.93. The average Bonchev–Trinajstić information content (AvgIpc) is 2.44. The maximum Gasteiger partial charge on any atom is 0.458 e. The summed E-state index contributed by atoms with van der Waals surface area (Å²) in [5, 5.41) is 0. The Bertz CT molecular complexity index is 547. The summed E-state index contributed by atoms with van der Waals surface area (Å²) in [6, 6.07) is 4.43. The van der Waals surface area contributed by atoms with Gasteiger partial charge in [0.15, 0.2) is 0 Å². The van der Waals surface area contributed by atoms with Crippen molar-refractivity contribution in [2.45, 2.75) is 19.0 Å². The first-order valence-electron chi connectivity index (χ1n) is 6.11. The van der Waals surface area contributed by atoms with Gasteiger partial charge in [-0.2, -0.15) is 22.0 Å². The molecule has 1 aromatic rings. The van der Waals surface area contributed by atoms with Gasteiger partial charge in [-0.25, -0.2) is 4.79 Å². The van der Waals surface area contributed by atoms with Crippen molar-refractivity contribution in [3.8, 4) is 5.75 Å². The summed E-state index contributed by atoms with van der Waals surface area (Å²) in [6.07, 6.45) is -5.69. The Kier molecular flexibility index (Phi) is 5.51. The zero-order valence-corrected chi connectivity index (χ0v) is 11.7. The summed E-state index contributed by atoms with van der Waals surface area (Å²) >= 11 is 0. The number of allylic oxidation sites excluding steroid dienone is 1. The van der Waals surface area contributed by atoms with E-state index in [1.807, 2.05) is 0 Å². The Morgan fingerprint density at radius 3 is 2.09 bits per heavy atom. The van der Waals surface area contributed by atoms with Gasteiger partial charge in [-0.15, -0.1) is 0 Å². The summed E-state index contributed by atoms with van der Waals surface area (Å²) in [5.41, 5.74) is -1.95. The van der Waals surface area contributed by atoms with Crippen molar-refractivity contribution in [1.29, 1.82) is 0 Å². The molecule has 0 heterocycles. The highest BCUT2D eigenvalue weighted by Crippen LogP contribution is 2.45. The van der Waals surface area contributed by atoms with Crippen LogP contribution in [-0.4, -0.2) is 31.8 Å². The molecule has 1 aromatic carbocycles. The highest BCUT2D eigenvalue weighted by atomic mass is 19.4. The molecular formula is C14H13F5O3. The fourth-order valence-corrected chi connectivity index (χ4v) is 1.58. The second kappa shape index (κ2) is 6.76. The third-order valence-electron chi connectivity index (χ3n) is 2.64. The predicted octanol–water partition coefficient (Wildman–Crippen LogP) is 3.84. The molecule has 0 saturated heterocycles. The first-order valence-corrected chi connectivity index (χ1v) is 6.11. The van der Waals surface area contributed by atoms with E-state index >= 15 is 0 Å². The lowest BCUT2D eigenvalue weighted by Crippen LogP contribution is -2.38. The van der Waals surface area contributed by atoms with E-state index in [1.54, 1.807) is 0 Å². The van der Waals surface area contributed by atoms with Crippen LogP contribution in [0.5, 0.6) is 5.75 Å². The van der Waals surface area contributed by atoms with Crippen LogP contribution in [0.4, 0.5) is 22.0 Å².